The molecule has 0 saturated carbocycles. The molecule has 0 spiro atoms. The number of benzene rings is 1. The van der Waals surface area contributed by atoms with Gasteiger partial charge < -0.3 is 22.2 Å². The summed E-state index contributed by atoms with van der Waals surface area (Å²) in [6.45, 7) is 10.2. The molecule has 0 aliphatic heterocycles. The highest BCUT2D eigenvalue weighted by atomic mass is 35.5. The highest BCUT2D eigenvalue weighted by Gasteiger charge is 2.21. The number of quaternary nitrogens is 1. The number of hydrogen-bond acceptors (Lipinski definition) is 1. The van der Waals surface area contributed by atoms with Gasteiger partial charge in [-0.3, -0.25) is 4.79 Å². The Labute approximate surface area is 126 Å². The molecule has 1 aromatic rings. The van der Waals surface area contributed by atoms with Crippen LogP contribution in [0.1, 0.15) is 31.1 Å². The summed E-state index contributed by atoms with van der Waals surface area (Å²) in [5.41, 5.74) is 0.654. The van der Waals surface area contributed by atoms with E-state index in [0.717, 1.165) is 24.1 Å². The van der Waals surface area contributed by atoms with Gasteiger partial charge >= 0.3 is 0 Å². The van der Waals surface area contributed by atoms with Crippen LogP contribution in [0.4, 0.5) is 0 Å². The van der Waals surface area contributed by atoms with Crippen molar-refractivity contribution in [1.82, 2.24) is 5.32 Å². The van der Waals surface area contributed by atoms with Crippen LogP contribution in [0.3, 0.4) is 0 Å². The van der Waals surface area contributed by atoms with E-state index in [0.29, 0.717) is 17.3 Å². The summed E-state index contributed by atoms with van der Waals surface area (Å²) in [5, 5.41) is 3.65. The van der Waals surface area contributed by atoms with Gasteiger partial charge in [0.05, 0.1) is 19.6 Å². The number of carbonyl (C=O) groups excluding carboxylic acids is 1. The molecular weight excluding hydrogens is 283 g/mol. The number of amides is 1. The Hall–Kier alpha value is -0.770. The van der Waals surface area contributed by atoms with Crippen molar-refractivity contribution in [1.29, 1.82) is 0 Å². The molecular formula is C14H22Cl2N2O. The predicted octanol–water partition coefficient (Wildman–Crippen LogP) is -0.0922. The Kier molecular flexibility index (Phi) is 8.07. The quantitative estimate of drug-likeness (QED) is 0.577. The topological polar surface area (TPSA) is 29.1 Å². The summed E-state index contributed by atoms with van der Waals surface area (Å²) in [5.74, 6) is -0.0375. The maximum atomic E-state index is 12.0. The van der Waals surface area contributed by atoms with E-state index in [4.69, 9.17) is 11.6 Å². The fraction of sp³-hybridized carbons (Fsp3) is 0.500. The van der Waals surface area contributed by atoms with Gasteiger partial charge in [0.15, 0.2) is 6.67 Å². The largest absolute Gasteiger partial charge is 1.00 e. The van der Waals surface area contributed by atoms with Crippen LogP contribution in [0.25, 0.3) is 0 Å². The summed E-state index contributed by atoms with van der Waals surface area (Å²) in [6, 6.07) is 6.96. The lowest BCUT2D eigenvalue weighted by molar-refractivity contribution is -0.924. The third-order valence-corrected chi connectivity index (χ3v) is 3.95. The van der Waals surface area contributed by atoms with Crippen LogP contribution in [0.2, 0.25) is 5.02 Å². The number of nitrogens with zero attached hydrogens (tertiary/aromatic N) is 1. The highest BCUT2D eigenvalue weighted by Crippen LogP contribution is 2.10. The number of hydrogen-bond donors (Lipinski definition) is 1. The molecule has 0 aromatic heterocycles. The van der Waals surface area contributed by atoms with Gasteiger partial charge in [-0.05, 0) is 45.0 Å². The minimum absolute atomic E-state index is 0. The second kappa shape index (κ2) is 8.41. The molecule has 0 aliphatic carbocycles. The van der Waals surface area contributed by atoms with Gasteiger partial charge in [0.2, 0.25) is 0 Å². The molecule has 0 aliphatic rings. The van der Waals surface area contributed by atoms with E-state index in [9.17, 15) is 4.79 Å². The zero-order valence-corrected chi connectivity index (χ0v) is 13.3. The maximum absolute atomic E-state index is 12.0. The SMILES string of the molecule is CC[N+](CC)(CC)CNC(=O)c1ccc(Cl)cc1.[Cl-]. The molecule has 1 rings (SSSR count). The monoisotopic (exact) mass is 304 g/mol. The lowest BCUT2D eigenvalue weighted by Gasteiger charge is -2.35. The number of halogens is 2. The smallest absolute Gasteiger partial charge is 0.255 e. The standard InChI is InChI=1S/C14H21ClN2O.ClH/c1-4-17(5-2,6-3)11-16-14(18)12-7-9-13(15)10-8-12;/h7-10H,4-6,11H2,1-3H3;1H. The van der Waals surface area contributed by atoms with Crippen LogP contribution in [0.5, 0.6) is 0 Å². The molecule has 19 heavy (non-hydrogen) atoms. The van der Waals surface area contributed by atoms with E-state index in [1.54, 1.807) is 24.3 Å². The van der Waals surface area contributed by atoms with Crippen molar-refractivity contribution < 1.29 is 21.7 Å². The molecule has 0 unspecified atom stereocenters. The normalized spacial score (nSPS) is 10.7. The first kappa shape index (κ1) is 18.2. The van der Waals surface area contributed by atoms with E-state index in [2.05, 4.69) is 26.1 Å². The summed E-state index contributed by atoms with van der Waals surface area (Å²) < 4.78 is 0.902. The third kappa shape index (κ3) is 5.01. The summed E-state index contributed by atoms with van der Waals surface area (Å²) in [7, 11) is 0. The molecule has 0 radical (unpaired) electrons. The van der Waals surface area contributed by atoms with E-state index >= 15 is 0 Å². The van der Waals surface area contributed by atoms with Gasteiger partial charge in [0, 0.05) is 10.6 Å². The predicted molar refractivity (Wildman–Crippen MR) is 75.7 cm³/mol. The van der Waals surface area contributed by atoms with Crippen molar-refractivity contribution in [3.63, 3.8) is 0 Å². The van der Waals surface area contributed by atoms with Crippen molar-refractivity contribution in [2.75, 3.05) is 26.3 Å². The minimum atomic E-state index is -0.0375. The van der Waals surface area contributed by atoms with Gasteiger partial charge in [-0.15, -0.1) is 0 Å². The van der Waals surface area contributed by atoms with Gasteiger partial charge in [-0.2, -0.15) is 0 Å². The van der Waals surface area contributed by atoms with Crippen molar-refractivity contribution in [2.45, 2.75) is 20.8 Å². The second-order valence-electron chi connectivity index (χ2n) is 4.46. The van der Waals surface area contributed by atoms with E-state index in [-0.39, 0.29) is 18.3 Å². The first-order valence-corrected chi connectivity index (χ1v) is 6.83. The lowest BCUT2D eigenvalue weighted by atomic mass is 10.2. The van der Waals surface area contributed by atoms with Crippen LogP contribution in [0, 0.1) is 0 Å². The first-order chi connectivity index (χ1) is 8.56. The van der Waals surface area contributed by atoms with Crippen LogP contribution < -0.4 is 17.7 Å². The molecule has 0 heterocycles. The Balaban J connectivity index is 0.00000324. The molecule has 0 saturated heterocycles. The van der Waals surface area contributed by atoms with E-state index in [1.807, 2.05) is 0 Å². The molecule has 1 N–H and O–H groups in total. The van der Waals surface area contributed by atoms with Crippen LogP contribution in [0.15, 0.2) is 24.3 Å². The van der Waals surface area contributed by atoms with Gasteiger partial charge in [-0.25, -0.2) is 0 Å². The second-order valence-corrected chi connectivity index (χ2v) is 4.90. The fourth-order valence-electron chi connectivity index (χ4n) is 1.95. The van der Waals surface area contributed by atoms with Crippen LogP contribution >= 0.6 is 11.6 Å². The van der Waals surface area contributed by atoms with Crippen molar-refractivity contribution in [3.05, 3.63) is 34.9 Å². The van der Waals surface area contributed by atoms with Gasteiger partial charge in [-0.1, -0.05) is 11.6 Å². The third-order valence-electron chi connectivity index (χ3n) is 3.69. The lowest BCUT2D eigenvalue weighted by Crippen LogP contribution is -3.00. The Morgan fingerprint density at radius 3 is 2.00 bits per heavy atom. The molecule has 5 heteroatoms. The van der Waals surface area contributed by atoms with Crippen molar-refractivity contribution in [2.24, 2.45) is 0 Å². The average molecular weight is 305 g/mol. The van der Waals surface area contributed by atoms with Crippen molar-refractivity contribution in [3.8, 4) is 0 Å². The Bertz CT molecular complexity index is 381. The number of carbonyl (C=O) groups is 1. The van der Waals surface area contributed by atoms with Crippen LogP contribution in [-0.2, 0) is 0 Å². The van der Waals surface area contributed by atoms with E-state index in [1.165, 1.54) is 0 Å². The molecule has 0 fully saturated rings. The maximum Gasteiger partial charge on any atom is 0.255 e. The highest BCUT2D eigenvalue weighted by molar-refractivity contribution is 6.30. The Morgan fingerprint density at radius 2 is 1.58 bits per heavy atom. The first-order valence-electron chi connectivity index (χ1n) is 6.45. The van der Waals surface area contributed by atoms with Gasteiger partial charge in [0.25, 0.3) is 5.91 Å². The van der Waals surface area contributed by atoms with E-state index < -0.39 is 0 Å². The minimum Gasteiger partial charge on any atom is -1.00 e. The molecule has 1 aromatic carbocycles. The molecule has 108 valence electrons. The van der Waals surface area contributed by atoms with Gasteiger partial charge in [0.1, 0.15) is 0 Å². The molecule has 0 bridgehead atoms. The number of nitrogens with one attached hydrogen (secondary N) is 1. The molecule has 0 atom stereocenters. The zero-order chi connectivity index (χ0) is 13.6. The van der Waals surface area contributed by atoms with Crippen molar-refractivity contribution >= 4 is 17.5 Å². The zero-order valence-electron chi connectivity index (χ0n) is 11.7. The fourth-order valence-corrected chi connectivity index (χ4v) is 2.08. The van der Waals surface area contributed by atoms with Crippen LogP contribution in [-0.4, -0.2) is 36.7 Å². The molecule has 3 nitrogen and oxygen atoms in total. The molecule has 1 amide bonds. The Morgan fingerprint density at radius 1 is 1.11 bits per heavy atom. The number of rotatable bonds is 6. The average Bonchev–Trinajstić information content (AvgIpc) is 2.41. The summed E-state index contributed by atoms with van der Waals surface area (Å²) in [4.78, 5) is 12.0. The summed E-state index contributed by atoms with van der Waals surface area (Å²) >= 11 is 5.80. The summed E-state index contributed by atoms with van der Waals surface area (Å²) in [6.07, 6.45) is 0.